The molecule has 0 atom stereocenters. The number of nitrogens with zero attached hydrogens (tertiary/aromatic N) is 2. The van der Waals surface area contributed by atoms with Gasteiger partial charge in [-0.1, -0.05) is 0 Å². The highest BCUT2D eigenvalue weighted by atomic mass is 32.2. The van der Waals surface area contributed by atoms with Crippen LogP contribution in [0, 0.1) is 6.92 Å². The summed E-state index contributed by atoms with van der Waals surface area (Å²) < 4.78 is 63.0. The monoisotopic (exact) mass is 389 g/mol. The average molecular weight is 389 g/mol. The molecule has 12 heteroatoms. The topological polar surface area (TPSA) is 166 Å². The Hall–Kier alpha value is -2.28. The van der Waals surface area contributed by atoms with Crippen molar-refractivity contribution < 1.29 is 31.0 Å². The molecule has 0 saturated heterocycles. The normalized spacial score (nSPS) is 12.8. The van der Waals surface area contributed by atoms with Crippen LogP contribution in [0.5, 0.6) is 5.75 Å². The first kappa shape index (κ1) is 19.1. The van der Waals surface area contributed by atoms with E-state index in [1.165, 1.54) is 26.1 Å². The lowest BCUT2D eigenvalue weighted by atomic mass is 10.0. The predicted molar refractivity (Wildman–Crippen MR) is 90.6 cm³/mol. The number of phenolic OH excluding ortho intramolecular Hbond substituents is 1. The molecule has 0 aliphatic heterocycles. The zero-order valence-electron chi connectivity index (χ0n) is 13.1. The van der Waals surface area contributed by atoms with Crippen molar-refractivity contribution in [2.75, 3.05) is 18.2 Å². The zero-order chi connectivity index (χ0) is 19.0. The summed E-state index contributed by atoms with van der Waals surface area (Å²) in [6.45, 7) is 1.32. The Morgan fingerprint density at radius 3 is 2.28 bits per heavy atom. The second kappa shape index (κ2) is 6.55. The fourth-order valence-corrected chi connectivity index (χ4v) is 3.39. The SMILES string of the molecule is CN=Nc1c(NCS(=O)(=O)O)ccc2c(O)c(C)c(S(=O)(=O)O)cc12. The summed E-state index contributed by atoms with van der Waals surface area (Å²) in [6, 6.07) is 3.90. The van der Waals surface area contributed by atoms with Crippen molar-refractivity contribution in [1.29, 1.82) is 0 Å². The van der Waals surface area contributed by atoms with E-state index in [1.54, 1.807) is 0 Å². The first-order chi connectivity index (χ1) is 11.5. The van der Waals surface area contributed by atoms with Crippen LogP contribution in [0.15, 0.2) is 33.3 Å². The molecule has 0 fully saturated rings. The molecule has 0 heterocycles. The molecule has 0 amide bonds. The summed E-state index contributed by atoms with van der Waals surface area (Å²) in [5.74, 6) is -1.19. The first-order valence-electron chi connectivity index (χ1n) is 6.71. The Kier molecular flexibility index (Phi) is 4.99. The van der Waals surface area contributed by atoms with Crippen molar-refractivity contribution in [2.24, 2.45) is 10.2 Å². The number of benzene rings is 2. The van der Waals surface area contributed by atoms with Gasteiger partial charge in [0, 0.05) is 23.4 Å². The maximum atomic E-state index is 11.5. The van der Waals surface area contributed by atoms with E-state index >= 15 is 0 Å². The van der Waals surface area contributed by atoms with Crippen LogP contribution in [0.3, 0.4) is 0 Å². The number of rotatable bonds is 5. The Bertz CT molecular complexity index is 1080. The molecule has 2 aromatic rings. The molecule has 25 heavy (non-hydrogen) atoms. The third-order valence-electron chi connectivity index (χ3n) is 3.40. The van der Waals surface area contributed by atoms with Crippen LogP contribution < -0.4 is 5.32 Å². The quantitative estimate of drug-likeness (QED) is 0.445. The van der Waals surface area contributed by atoms with Gasteiger partial charge in [0.15, 0.2) is 0 Å². The number of nitrogens with one attached hydrogen (secondary N) is 1. The number of anilines is 1. The van der Waals surface area contributed by atoms with E-state index in [2.05, 4.69) is 15.5 Å². The minimum atomic E-state index is -4.62. The second-order valence-electron chi connectivity index (χ2n) is 5.08. The molecule has 2 rings (SSSR count). The van der Waals surface area contributed by atoms with Crippen molar-refractivity contribution in [3.8, 4) is 5.75 Å². The number of azo groups is 1. The molecule has 2 aromatic carbocycles. The number of phenols is 1. The minimum Gasteiger partial charge on any atom is -0.507 e. The molecule has 0 bridgehead atoms. The molecule has 10 nitrogen and oxygen atoms in total. The van der Waals surface area contributed by atoms with E-state index in [0.717, 1.165) is 6.07 Å². The van der Waals surface area contributed by atoms with Crippen molar-refractivity contribution in [3.05, 3.63) is 23.8 Å². The second-order valence-corrected chi connectivity index (χ2v) is 7.93. The zero-order valence-corrected chi connectivity index (χ0v) is 14.8. The average Bonchev–Trinajstić information content (AvgIpc) is 2.48. The summed E-state index contributed by atoms with van der Waals surface area (Å²) in [5.41, 5.74) is 0.108. The lowest BCUT2D eigenvalue weighted by Crippen LogP contribution is -2.13. The summed E-state index contributed by atoms with van der Waals surface area (Å²) in [6.07, 6.45) is 0. The van der Waals surface area contributed by atoms with Gasteiger partial charge in [-0.3, -0.25) is 9.11 Å². The van der Waals surface area contributed by atoms with E-state index in [-0.39, 0.29) is 33.5 Å². The van der Waals surface area contributed by atoms with Crippen molar-refractivity contribution >= 4 is 42.4 Å². The van der Waals surface area contributed by atoms with E-state index in [9.17, 15) is 26.5 Å². The largest absolute Gasteiger partial charge is 0.507 e. The van der Waals surface area contributed by atoms with Gasteiger partial charge in [-0.25, -0.2) is 0 Å². The van der Waals surface area contributed by atoms with E-state index in [0.29, 0.717) is 0 Å². The van der Waals surface area contributed by atoms with Crippen LogP contribution in [0.25, 0.3) is 10.8 Å². The highest BCUT2D eigenvalue weighted by Gasteiger charge is 2.21. The predicted octanol–water partition coefficient (Wildman–Crippen LogP) is 2.07. The Labute approximate surface area is 143 Å². The van der Waals surface area contributed by atoms with Crippen LogP contribution in [0.2, 0.25) is 0 Å². The van der Waals surface area contributed by atoms with Crippen molar-refractivity contribution in [1.82, 2.24) is 0 Å². The van der Waals surface area contributed by atoms with Gasteiger partial charge in [-0.2, -0.15) is 27.1 Å². The Balaban J connectivity index is 2.84. The number of aromatic hydroxyl groups is 1. The van der Waals surface area contributed by atoms with Crippen molar-refractivity contribution in [3.63, 3.8) is 0 Å². The van der Waals surface area contributed by atoms with E-state index in [1.807, 2.05) is 0 Å². The van der Waals surface area contributed by atoms with Gasteiger partial charge in [0.2, 0.25) is 0 Å². The molecule has 0 aliphatic rings. The van der Waals surface area contributed by atoms with E-state index in [4.69, 9.17) is 4.55 Å². The standard InChI is InChI=1S/C13H15N3O7S2/c1-7-11(25(21,22)23)5-9-8(13(7)17)3-4-10(12(9)16-14-2)15-6-24(18,19)20/h3-5,15,17H,6H2,1-2H3,(H,18,19,20)(H,21,22,23). The van der Waals surface area contributed by atoms with Gasteiger partial charge in [0.05, 0.1) is 5.69 Å². The van der Waals surface area contributed by atoms with Crippen LogP contribution in [-0.4, -0.2) is 44.0 Å². The van der Waals surface area contributed by atoms with Gasteiger partial charge in [0.1, 0.15) is 22.2 Å². The Morgan fingerprint density at radius 1 is 1.12 bits per heavy atom. The van der Waals surface area contributed by atoms with E-state index < -0.39 is 31.0 Å². The molecule has 136 valence electrons. The molecular formula is C13H15N3O7S2. The lowest BCUT2D eigenvalue weighted by molar-refractivity contribution is 0.466. The smallest absolute Gasteiger partial charge is 0.294 e. The molecule has 0 spiro atoms. The van der Waals surface area contributed by atoms with Gasteiger partial charge in [-0.15, -0.1) is 0 Å². The highest BCUT2D eigenvalue weighted by Crippen LogP contribution is 2.41. The Morgan fingerprint density at radius 2 is 1.76 bits per heavy atom. The third-order valence-corrected chi connectivity index (χ3v) is 4.88. The summed E-state index contributed by atoms with van der Waals surface area (Å²) in [5, 5.41) is 20.4. The van der Waals surface area contributed by atoms with Crippen LogP contribution in [-0.2, 0) is 20.2 Å². The van der Waals surface area contributed by atoms with Gasteiger partial charge in [0.25, 0.3) is 20.2 Å². The molecule has 0 radical (unpaired) electrons. The number of hydrogen-bond acceptors (Lipinski definition) is 8. The van der Waals surface area contributed by atoms with Gasteiger partial charge < -0.3 is 10.4 Å². The highest BCUT2D eigenvalue weighted by molar-refractivity contribution is 7.86. The summed E-state index contributed by atoms with van der Waals surface area (Å²) in [7, 11) is -7.60. The van der Waals surface area contributed by atoms with Crippen LogP contribution in [0.4, 0.5) is 11.4 Å². The molecule has 0 unspecified atom stereocenters. The maximum absolute atomic E-state index is 11.5. The lowest BCUT2D eigenvalue weighted by Gasteiger charge is -2.14. The molecule has 4 N–H and O–H groups in total. The maximum Gasteiger partial charge on any atom is 0.294 e. The molecule has 0 aromatic heterocycles. The fraction of sp³-hybridized carbons (Fsp3) is 0.231. The molecular weight excluding hydrogens is 374 g/mol. The molecule has 0 saturated carbocycles. The van der Waals surface area contributed by atoms with Gasteiger partial charge in [-0.05, 0) is 25.1 Å². The fourth-order valence-electron chi connectivity index (χ4n) is 2.31. The van der Waals surface area contributed by atoms with Crippen molar-refractivity contribution in [2.45, 2.75) is 11.8 Å². The minimum absolute atomic E-state index is 0.0313. The first-order valence-corrected chi connectivity index (χ1v) is 9.76. The van der Waals surface area contributed by atoms with Gasteiger partial charge >= 0.3 is 0 Å². The summed E-state index contributed by atoms with van der Waals surface area (Å²) in [4.78, 5) is -0.517. The third kappa shape index (κ3) is 4.04. The number of hydrogen-bond donors (Lipinski definition) is 4. The molecule has 0 aliphatic carbocycles. The van der Waals surface area contributed by atoms with Crippen LogP contribution >= 0.6 is 0 Å². The number of fused-ring (bicyclic) bond motifs is 1. The van der Waals surface area contributed by atoms with Crippen LogP contribution in [0.1, 0.15) is 5.56 Å². The summed E-state index contributed by atoms with van der Waals surface area (Å²) >= 11 is 0.